The highest BCUT2D eigenvalue weighted by atomic mass is 32.2. The van der Waals surface area contributed by atoms with E-state index in [1.807, 2.05) is 29.2 Å². The molecule has 15 heavy (non-hydrogen) atoms. The Labute approximate surface area is 99.0 Å². The molecule has 2 aromatic rings. The van der Waals surface area contributed by atoms with Crippen LogP contribution in [0, 0.1) is 6.92 Å². The van der Waals surface area contributed by atoms with Crippen LogP contribution in [0.2, 0.25) is 0 Å². The predicted molar refractivity (Wildman–Crippen MR) is 72.1 cm³/mol. The SMILES string of the molecule is C=CC(C)Sc1sc2ccccc2c1C. The molecule has 0 fully saturated rings. The summed E-state index contributed by atoms with van der Waals surface area (Å²) in [5, 5.41) is 1.87. The number of thioether (sulfide) groups is 1. The molecule has 0 radical (unpaired) electrons. The van der Waals surface area contributed by atoms with Crippen LogP contribution in [0.3, 0.4) is 0 Å². The van der Waals surface area contributed by atoms with E-state index >= 15 is 0 Å². The standard InChI is InChI=1S/C13H14S2/c1-4-9(2)14-13-10(3)11-7-5-6-8-12(11)15-13/h4-9H,1H2,2-3H3. The van der Waals surface area contributed by atoms with Gasteiger partial charge >= 0.3 is 0 Å². The molecule has 0 aliphatic rings. The van der Waals surface area contributed by atoms with Crippen molar-refractivity contribution in [3.8, 4) is 0 Å². The van der Waals surface area contributed by atoms with Gasteiger partial charge in [0.15, 0.2) is 0 Å². The first-order valence-electron chi connectivity index (χ1n) is 4.99. The maximum absolute atomic E-state index is 3.82. The first-order chi connectivity index (χ1) is 7.22. The summed E-state index contributed by atoms with van der Waals surface area (Å²) < 4.78 is 2.80. The number of aryl methyl sites for hydroxylation is 1. The van der Waals surface area contributed by atoms with E-state index < -0.39 is 0 Å². The molecule has 78 valence electrons. The summed E-state index contributed by atoms with van der Waals surface area (Å²) in [4.78, 5) is 0. The fourth-order valence-electron chi connectivity index (χ4n) is 1.48. The third-order valence-electron chi connectivity index (χ3n) is 2.42. The minimum absolute atomic E-state index is 0.483. The summed E-state index contributed by atoms with van der Waals surface area (Å²) >= 11 is 3.78. The molecular weight excluding hydrogens is 220 g/mol. The molecule has 0 bridgehead atoms. The van der Waals surface area contributed by atoms with E-state index in [9.17, 15) is 0 Å². The van der Waals surface area contributed by atoms with Crippen LogP contribution in [0.25, 0.3) is 10.1 Å². The van der Waals surface area contributed by atoms with Gasteiger partial charge in [-0.05, 0) is 30.9 Å². The Morgan fingerprint density at radius 2 is 2.13 bits per heavy atom. The molecule has 0 spiro atoms. The number of fused-ring (bicyclic) bond motifs is 1. The molecule has 1 aromatic heterocycles. The van der Waals surface area contributed by atoms with E-state index in [4.69, 9.17) is 0 Å². The Morgan fingerprint density at radius 3 is 2.80 bits per heavy atom. The van der Waals surface area contributed by atoms with Crippen molar-refractivity contribution in [1.29, 1.82) is 0 Å². The van der Waals surface area contributed by atoms with Crippen LogP contribution in [0.15, 0.2) is 41.1 Å². The summed E-state index contributed by atoms with van der Waals surface area (Å²) in [6.07, 6.45) is 1.99. The van der Waals surface area contributed by atoms with E-state index in [-0.39, 0.29) is 0 Å². The van der Waals surface area contributed by atoms with Crippen molar-refractivity contribution in [3.05, 3.63) is 42.5 Å². The van der Waals surface area contributed by atoms with E-state index in [0.717, 1.165) is 0 Å². The van der Waals surface area contributed by atoms with Crippen molar-refractivity contribution in [2.45, 2.75) is 23.3 Å². The summed E-state index contributed by atoms with van der Waals surface area (Å²) in [6, 6.07) is 8.59. The van der Waals surface area contributed by atoms with Crippen LogP contribution in [0.5, 0.6) is 0 Å². The van der Waals surface area contributed by atoms with Gasteiger partial charge in [0.2, 0.25) is 0 Å². The molecule has 0 nitrogen and oxygen atoms in total. The molecule has 1 heterocycles. The largest absolute Gasteiger partial charge is 0.129 e. The zero-order valence-corrected chi connectivity index (χ0v) is 10.6. The Bertz CT molecular complexity index is 482. The zero-order chi connectivity index (χ0) is 10.8. The lowest BCUT2D eigenvalue weighted by Crippen LogP contribution is -1.86. The van der Waals surface area contributed by atoms with E-state index in [1.165, 1.54) is 19.9 Å². The van der Waals surface area contributed by atoms with Gasteiger partial charge in [0.25, 0.3) is 0 Å². The molecule has 1 atom stereocenters. The van der Waals surface area contributed by atoms with Gasteiger partial charge < -0.3 is 0 Å². The van der Waals surface area contributed by atoms with E-state index in [2.05, 4.69) is 44.7 Å². The first kappa shape index (κ1) is 10.8. The number of hydrogen-bond acceptors (Lipinski definition) is 2. The molecule has 2 rings (SSSR count). The maximum atomic E-state index is 3.82. The van der Waals surface area contributed by atoms with Crippen LogP contribution >= 0.6 is 23.1 Å². The molecule has 0 saturated heterocycles. The van der Waals surface area contributed by atoms with E-state index in [1.54, 1.807) is 0 Å². The van der Waals surface area contributed by atoms with Gasteiger partial charge in [0.1, 0.15) is 0 Å². The molecule has 0 amide bonds. The average molecular weight is 234 g/mol. The van der Waals surface area contributed by atoms with Gasteiger partial charge in [0, 0.05) is 9.95 Å². The van der Waals surface area contributed by atoms with Crippen LogP contribution in [0.4, 0.5) is 0 Å². The topological polar surface area (TPSA) is 0 Å². The predicted octanol–water partition coefficient (Wildman–Crippen LogP) is 4.88. The molecule has 0 aliphatic carbocycles. The fraction of sp³-hybridized carbons (Fsp3) is 0.231. The minimum atomic E-state index is 0.483. The fourth-order valence-corrected chi connectivity index (χ4v) is 4.06. The highest BCUT2D eigenvalue weighted by Gasteiger charge is 2.09. The van der Waals surface area contributed by atoms with Gasteiger partial charge in [-0.2, -0.15) is 0 Å². The Morgan fingerprint density at radius 1 is 1.40 bits per heavy atom. The van der Waals surface area contributed by atoms with Crippen molar-refractivity contribution >= 4 is 33.2 Å². The van der Waals surface area contributed by atoms with Crippen molar-refractivity contribution in [2.24, 2.45) is 0 Å². The van der Waals surface area contributed by atoms with Crippen LogP contribution in [0.1, 0.15) is 12.5 Å². The van der Waals surface area contributed by atoms with Crippen molar-refractivity contribution in [2.75, 3.05) is 0 Å². The van der Waals surface area contributed by atoms with Gasteiger partial charge in [-0.1, -0.05) is 24.3 Å². The summed E-state index contributed by atoms with van der Waals surface area (Å²) in [7, 11) is 0. The third-order valence-corrected chi connectivity index (χ3v) is 5.12. The summed E-state index contributed by atoms with van der Waals surface area (Å²) in [5.74, 6) is 0. The lowest BCUT2D eigenvalue weighted by Gasteiger charge is -2.03. The highest BCUT2D eigenvalue weighted by Crippen LogP contribution is 2.39. The summed E-state index contributed by atoms with van der Waals surface area (Å²) in [6.45, 7) is 8.21. The van der Waals surface area contributed by atoms with Crippen molar-refractivity contribution < 1.29 is 0 Å². The van der Waals surface area contributed by atoms with Crippen LogP contribution in [-0.4, -0.2) is 5.25 Å². The number of rotatable bonds is 3. The lowest BCUT2D eigenvalue weighted by molar-refractivity contribution is 1.25. The Balaban J connectivity index is 2.44. The van der Waals surface area contributed by atoms with Gasteiger partial charge in [-0.15, -0.1) is 29.7 Å². The molecule has 2 heteroatoms. The van der Waals surface area contributed by atoms with Crippen LogP contribution in [-0.2, 0) is 0 Å². The van der Waals surface area contributed by atoms with E-state index in [0.29, 0.717) is 5.25 Å². The second kappa shape index (κ2) is 4.42. The zero-order valence-electron chi connectivity index (χ0n) is 8.99. The monoisotopic (exact) mass is 234 g/mol. The van der Waals surface area contributed by atoms with Crippen molar-refractivity contribution in [1.82, 2.24) is 0 Å². The van der Waals surface area contributed by atoms with Gasteiger partial charge in [-0.3, -0.25) is 0 Å². The normalized spacial score (nSPS) is 12.9. The molecule has 0 aliphatic heterocycles. The molecule has 0 N–H and O–H groups in total. The third kappa shape index (κ3) is 2.11. The van der Waals surface area contributed by atoms with Gasteiger partial charge in [0.05, 0.1) is 4.21 Å². The summed E-state index contributed by atoms with van der Waals surface area (Å²) in [5.41, 5.74) is 1.41. The lowest BCUT2D eigenvalue weighted by atomic mass is 10.2. The smallest absolute Gasteiger partial charge is 0.0646 e. The molecule has 1 unspecified atom stereocenters. The Hall–Kier alpha value is -0.730. The quantitative estimate of drug-likeness (QED) is 0.539. The number of benzene rings is 1. The minimum Gasteiger partial charge on any atom is -0.129 e. The molecule has 1 aromatic carbocycles. The Kier molecular flexibility index (Phi) is 3.17. The average Bonchev–Trinajstić information content (AvgIpc) is 2.57. The number of hydrogen-bond donors (Lipinski definition) is 0. The first-order valence-corrected chi connectivity index (χ1v) is 6.69. The molecular formula is C13H14S2. The van der Waals surface area contributed by atoms with Crippen LogP contribution < -0.4 is 0 Å². The maximum Gasteiger partial charge on any atom is 0.0646 e. The second-order valence-corrected chi connectivity index (χ2v) is 6.27. The highest BCUT2D eigenvalue weighted by molar-refractivity contribution is 8.02. The number of thiophene rings is 1. The van der Waals surface area contributed by atoms with Crippen molar-refractivity contribution in [3.63, 3.8) is 0 Å². The molecule has 0 saturated carbocycles. The second-order valence-electron chi connectivity index (χ2n) is 3.57. The van der Waals surface area contributed by atoms with Gasteiger partial charge in [-0.25, -0.2) is 0 Å².